The van der Waals surface area contributed by atoms with Crippen LogP contribution >= 0.6 is 11.8 Å². The third kappa shape index (κ3) is 3.84. The van der Waals surface area contributed by atoms with Crippen LogP contribution in [0.15, 0.2) is 61.3 Å². The van der Waals surface area contributed by atoms with E-state index in [4.69, 9.17) is 13.6 Å². The number of hydrogen-bond donors (Lipinski definition) is 1. The lowest BCUT2D eigenvalue weighted by atomic mass is 10.1. The molecule has 0 aliphatic carbocycles. The van der Waals surface area contributed by atoms with Gasteiger partial charge >= 0.3 is 5.63 Å². The first-order chi connectivity index (χ1) is 14.1. The Balaban J connectivity index is 1.62. The molecule has 0 spiro atoms. The molecule has 8 heteroatoms. The van der Waals surface area contributed by atoms with Crippen LogP contribution in [0.25, 0.3) is 22.4 Å². The van der Waals surface area contributed by atoms with E-state index in [1.54, 1.807) is 7.11 Å². The zero-order valence-electron chi connectivity index (χ0n) is 15.8. The number of para-hydroxylation sites is 1. The van der Waals surface area contributed by atoms with E-state index >= 15 is 0 Å². The molecular formula is C21H18N2O5S. The van der Waals surface area contributed by atoms with E-state index < -0.39 is 5.63 Å². The number of nitrogens with zero attached hydrogens (tertiary/aromatic N) is 2. The fourth-order valence-electron chi connectivity index (χ4n) is 3.05. The van der Waals surface area contributed by atoms with Crippen LogP contribution in [0.4, 0.5) is 0 Å². The Kier molecular flexibility index (Phi) is 5.26. The van der Waals surface area contributed by atoms with E-state index in [9.17, 15) is 9.90 Å². The number of benzene rings is 2. The van der Waals surface area contributed by atoms with Crippen molar-refractivity contribution in [3.63, 3.8) is 0 Å². The highest BCUT2D eigenvalue weighted by Gasteiger charge is 2.15. The molecule has 148 valence electrons. The van der Waals surface area contributed by atoms with E-state index in [2.05, 4.69) is 10.2 Å². The molecule has 1 N–H and O–H groups in total. The molecule has 0 saturated heterocycles. The molecule has 0 radical (unpaired) electrons. The van der Waals surface area contributed by atoms with Crippen molar-refractivity contribution < 1.29 is 18.7 Å². The first-order valence-corrected chi connectivity index (χ1v) is 9.96. The van der Waals surface area contributed by atoms with Gasteiger partial charge in [-0.1, -0.05) is 30.8 Å². The van der Waals surface area contributed by atoms with Crippen LogP contribution in [-0.4, -0.2) is 22.4 Å². The van der Waals surface area contributed by atoms with E-state index in [-0.39, 0.29) is 5.75 Å². The summed E-state index contributed by atoms with van der Waals surface area (Å²) >= 11 is 1.32. The largest absolute Gasteiger partial charge is 0.508 e. The molecule has 0 saturated carbocycles. The predicted molar refractivity (Wildman–Crippen MR) is 109 cm³/mol. The first-order valence-electron chi connectivity index (χ1n) is 8.97. The Labute approximate surface area is 170 Å². The lowest BCUT2D eigenvalue weighted by molar-refractivity contribution is 0.411. The van der Waals surface area contributed by atoms with E-state index in [1.165, 1.54) is 23.9 Å². The number of aromatic nitrogens is 2. The number of hydrogen-bond acceptors (Lipinski definition) is 8. The SMILES string of the molecule is CCc1cc2c(CSc3nnc(-c4ccccc4OC)o3)cc(=O)oc2cc1O. The van der Waals surface area contributed by atoms with Gasteiger partial charge in [0.25, 0.3) is 11.1 Å². The Morgan fingerprint density at radius 3 is 2.72 bits per heavy atom. The summed E-state index contributed by atoms with van der Waals surface area (Å²) < 4.78 is 16.3. The maximum atomic E-state index is 11.9. The van der Waals surface area contributed by atoms with Gasteiger partial charge in [0.2, 0.25) is 0 Å². The third-order valence-corrected chi connectivity index (χ3v) is 5.37. The van der Waals surface area contributed by atoms with Crippen molar-refractivity contribution in [2.45, 2.75) is 24.3 Å². The minimum Gasteiger partial charge on any atom is -0.508 e. The van der Waals surface area contributed by atoms with E-state index in [0.29, 0.717) is 40.2 Å². The van der Waals surface area contributed by atoms with Crippen LogP contribution in [-0.2, 0) is 12.2 Å². The van der Waals surface area contributed by atoms with Gasteiger partial charge in [-0.2, -0.15) is 0 Å². The van der Waals surface area contributed by atoms with Crippen LogP contribution in [0.5, 0.6) is 11.5 Å². The van der Waals surface area contributed by atoms with Crippen molar-refractivity contribution in [1.82, 2.24) is 10.2 Å². The van der Waals surface area contributed by atoms with Crippen molar-refractivity contribution in [3.05, 3.63) is 64.0 Å². The molecule has 4 aromatic rings. The molecule has 0 fully saturated rings. The number of phenolic OH excluding ortho intramolecular Hbond substituents is 1. The normalized spacial score (nSPS) is 11.1. The third-order valence-electron chi connectivity index (χ3n) is 4.51. The van der Waals surface area contributed by atoms with Gasteiger partial charge in [-0.25, -0.2) is 4.79 Å². The molecule has 0 aliphatic heterocycles. The summed E-state index contributed by atoms with van der Waals surface area (Å²) in [7, 11) is 1.58. The van der Waals surface area contributed by atoms with Crippen molar-refractivity contribution >= 4 is 22.7 Å². The fourth-order valence-corrected chi connectivity index (χ4v) is 3.80. The zero-order valence-corrected chi connectivity index (χ0v) is 16.7. The zero-order chi connectivity index (χ0) is 20.4. The van der Waals surface area contributed by atoms with Gasteiger partial charge in [0.15, 0.2) is 0 Å². The summed E-state index contributed by atoms with van der Waals surface area (Å²) in [6.07, 6.45) is 0.666. The summed E-state index contributed by atoms with van der Waals surface area (Å²) in [5, 5.41) is 19.4. The molecule has 2 aromatic carbocycles. The molecule has 0 unspecified atom stereocenters. The predicted octanol–water partition coefficient (Wildman–Crippen LogP) is 4.41. The van der Waals surface area contributed by atoms with Gasteiger partial charge < -0.3 is 18.7 Å². The van der Waals surface area contributed by atoms with Gasteiger partial charge in [0, 0.05) is 23.3 Å². The number of ether oxygens (including phenoxy) is 1. The minimum atomic E-state index is -0.475. The monoisotopic (exact) mass is 410 g/mol. The summed E-state index contributed by atoms with van der Waals surface area (Å²) in [4.78, 5) is 11.9. The van der Waals surface area contributed by atoms with E-state index in [0.717, 1.165) is 16.5 Å². The highest BCUT2D eigenvalue weighted by molar-refractivity contribution is 7.98. The van der Waals surface area contributed by atoms with Crippen LogP contribution < -0.4 is 10.4 Å². The van der Waals surface area contributed by atoms with Gasteiger partial charge in [0.1, 0.15) is 17.1 Å². The fraction of sp³-hybridized carbons (Fsp3) is 0.190. The second kappa shape index (κ2) is 8.00. The number of aromatic hydroxyl groups is 1. The molecule has 0 aliphatic rings. The molecule has 4 rings (SSSR count). The van der Waals surface area contributed by atoms with Crippen molar-refractivity contribution in [2.24, 2.45) is 0 Å². The Morgan fingerprint density at radius 2 is 1.93 bits per heavy atom. The molecule has 7 nitrogen and oxygen atoms in total. The molecule has 2 aromatic heterocycles. The van der Waals surface area contributed by atoms with Crippen LogP contribution in [0.1, 0.15) is 18.1 Å². The highest BCUT2D eigenvalue weighted by Crippen LogP contribution is 2.33. The average Bonchev–Trinajstić information content (AvgIpc) is 3.20. The quantitative estimate of drug-likeness (QED) is 0.369. The Hall–Kier alpha value is -3.26. The topological polar surface area (TPSA) is 98.6 Å². The number of aryl methyl sites for hydroxylation is 1. The Morgan fingerprint density at radius 1 is 1.10 bits per heavy atom. The molecule has 0 bridgehead atoms. The van der Waals surface area contributed by atoms with Gasteiger partial charge in [-0.3, -0.25) is 0 Å². The lowest BCUT2D eigenvalue weighted by Crippen LogP contribution is -2.00. The van der Waals surface area contributed by atoms with E-state index in [1.807, 2.05) is 37.3 Å². The highest BCUT2D eigenvalue weighted by atomic mass is 32.2. The molecule has 0 amide bonds. The Bertz CT molecular complexity index is 1230. The number of rotatable bonds is 6. The van der Waals surface area contributed by atoms with Crippen LogP contribution in [0.3, 0.4) is 0 Å². The maximum Gasteiger partial charge on any atom is 0.336 e. The lowest BCUT2D eigenvalue weighted by Gasteiger charge is -2.07. The van der Waals surface area contributed by atoms with Crippen LogP contribution in [0.2, 0.25) is 0 Å². The molecule has 0 atom stereocenters. The summed E-state index contributed by atoms with van der Waals surface area (Å²) in [6, 6.07) is 12.2. The molecular weight excluding hydrogens is 392 g/mol. The molecule has 29 heavy (non-hydrogen) atoms. The van der Waals surface area contributed by atoms with Gasteiger partial charge in [-0.05, 0) is 35.7 Å². The number of thioether (sulfide) groups is 1. The standard InChI is InChI=1S/C21H18N2O5S/c1-3-12-8-15-13(9-19(25)27-18(15)10-16(12)24)11-29-21-23-22-20(28-21)14-6-4-5-7-17(14)26-2/h4-10,24H,3,11H2,1-2H3. The summed E-state index contributed by atoms with van der Waals surface area (Å²) in [5.41, 5.74) is 2.14. The second-order valence-corrected chi connectivity index (χ2v) is 7.21. The minimum absolute atomic E-state index is 0.117. The maximum absolute atomic E-state index is 11.9. The number of phenols is 1. The van der Waals surface area contributed by atoms with Crippen molar-refractivity contribution in [1.29, 1.82) is 0 Å². The smallest absolute Gasteiger partial charge is 0.336 e. The summed E-state index contributed by atoms with van der Waals surface area (Å²) in [5.74, 6) is 1.56. The number of methoxy groups -OCH3 is 1. The average molecular weight is 410 g/mol. The van der Waals surface area contributed by atoms with Crippen LogP contribution in [0, 0.1) is 0 Å². The summed E-state index contributed by atoms with van der Waals surface area (Å²) in [6.45, 7) is 1.95. The molecule has 2 heterocycles. The first kappa shape index (κ1) is 19.1. The van der Waals surface area contributed by atoms with Gasteiger partial charge in [-0.15, -0.1) is 10.2 Å². The van der Waals surface area contributed by atoms with Crippen molar-refractivity contribution in [3.8, 4) is 23.0 Å². The van der Waals surface area contributed by atoms with Crippen molar-refractivity contribution in [2.75, 3.05) is 7.11 Å². The number of fused-ring (bicyclic) bond motifs is 1. The van der Waals surface area contributed by atoms with Gasteiger partial charge in [0.05, 0.1) is 12.7 Å². The second-order valence-electron chi connectivity index (χ2n) is 6.28.